The molecule has 0 N–H and O–H groups in total. The normalized spacial score (nSPS) is 2.31. The van der Waals surface area contributed by atoms with Crippen molar-refractivity contribution < 1.29 is 68.9 Å². The fourth-order valence-electron chi connectivity index (χ4n) is 0. The van der Waals surface area contributed by atoms with Crippen LogP contribution in [-0.4, -0.2) is 0 Å². The summed E-state index contributed by atoms with van der Waals surface area (Å²) in [7, 11) is 0. The summed E-state index contributed by atoms with van der Waals surface area (Å²) in [5.74, 6) is 0. The van der Waals surface area contributed by atoms with Crippen LogP contribution in [0.5, 0.6) is 0 Å². The van der Waals surface area contributed by atoms with Gasteiger partial charge in [-0.2, -0.15) is 13.3 Å². The predicted octanol–water partition coefficient (Wildman–Crippen LogP) is 5.64. The van der Waals surface area contributed by atoms with Crippen LogP contribution in [0, 0.1) is 82.7 Å². The first-order valence-corrected chi connectivity index (χ1v) is 2.91. The summed E-state index contributed by atoms with van der Waals surface area (Å²) < 4.78 is 0. The minimum Gasteiger partial charge on any atom is -0.346 e. The Labute approximate surface area is 144 Å². The molecule has 13 heavy (non-hydrogen) atoms. The maximum atomic E-state index is 3.49. The molecule has 0 fully saturated rings. The molecule has 0 aliphatic rings. The average molecular weight is 444 g/mol. The van der Waals surface area contributed by atoms with Gasteiger partial charge in [0, 0.05) is 37.7 Å². The minimum absolute atomic E-state index is 0. The minimum atomic E-state index is 0. The van der Waals surface area contributed by atoms with E-state index in [4.69, 9.17) is 0 Å². The van der Waals surface area contributed by atoms with E-state index >= 15 is 0 Å². The quantitative estimate of drug-likeness (QED) is 0.424. The Balaban J connectivity index is -0.00000000218. The van der Waals surface area contributed by atoms with Gasteiger partial charge in [-0.25, -0.2) is 0 Å². The van der Waals surface area contributed by atoms with E-state index in [9.17, 15) is 0 Å². The van der Waals surface area contributed by atoms with Crippen LogP contribution in [0.15, 0.2) is 0 Å². The fourth-order valence-corrected chi connectivity index (χ4v) is 0. The van der Waals surface area contributed by atoms with Crippen LogP contribution in [0.4, 0.5) is 0 Å². The van der Waals surface area contributed by atoms with Crippen LogP contribution in [0.25, 0.3) is 0 Å². The van der Waals surface area contributed by atoms with Crippen molar-refractivity contribution in [1.29, 1.82) is 0 Å². The Morgan fingerprint density at radius 1 is 0.846 bits per heavy atom. The first-order valence-electron chi connectivity index (χ1n) is 2.91. The second-order valence-corrected chi connectivity index (χ2v) is 0.500. The van der Waals surface area contributed by atoms with Crippen LogP contribution in [0.2, 0.25) is 0 Å². The largest absolute Gasteiger partial charge is 2.00 e. The molecule has 0 aromatic rings. The van der Waals surface area contributed by atoms with Gasteiger partial charge in [0.2, 0.25) is 0 Å². The van der Waals surface area contributed by atoms with Gasteiger partial charge in [-0.05, 0) is 0 Å². The molecule has 0 radical (unpaired) electrons. The standard InChI is InChI=1S/C3H7.C2H6.C2H5.4CH4.Ar.U/c1-3-2;2*1-2;;;;;;/h1,3H2,2H3;1-2H3;1H2,2H3;4*1H4;;/q-1;;-1;;;;;;+2. The third-order valence-electron chi connectivity index (χ3n) is 0. The number of hydrogen-bond donors (Lipinski definition) is 0. The summed E-state index contributed by atoms with van der Waals surface area (Å²) in [6, 6.07) is 0. The Bertz CT molecular complexity index is 10.1. The Morgan fingerprint density at radius 2 is 0.846 bits per heavy atom. The molecule has 0 bridgehead atoms. The summed E-state index contributed by atoms with van der Waals surface area (Å²) in [5.41, 5.74) is 0. The second-order valence-electron chi connectivity index (χ2n) is 0.500. The van der Waals surface area contributed by atoms with E-state index in [-0.39, 0.29) is 98.6 Å². The molecular formula is C11H34ArU. The smallest absolute Gasteiger partial charge is 0.346 e. The molecule has 0 heterocycles. The molecule has 0 aromatic heterocycles. The molecule has 0 nitrogen and oxygen atoms in total. The van der Waals surface area contributed by atoms with Gasteiger partial charge in [0.1, 0.15) is 0 Å². The summed E-state index contributed by atoms with van der Waals surface area (Å²) in [6.07, 6.45) is 1.00. The molecule has 0 saturated carbocycles. The van der Waals surface area contributed by atoms with Crippen molar-refractivity contribution >= 4 is 0 Å². The zero-order valence-electron chi connectivity index (χ0n) is 6.97. The van der Waals surface area contributed by atoms with Gasteiger partial charge < -0.3 is 13.8 Å². The van der Waals surface area contributed by atoms with E-state index in [1.54, 1.807) is 6.92 Å². The summed E-state index contributed by atoms with van der Waals surface area (Å²) in [6.45, 7) is 14.5. The van der Waals surface area contributed by atoms with Crippen molar-refractivity contribution in [1.82, 2.24) is 0 Å². The summed E-state index contributed by atoms with van der Waals surface area (Å²) in [5, 5.41) is 0. The molecule has 0 aliphatic heterocycles. The predicted molar refractivity (Wildman–Crippen MR) is 65.0 cm³/mol. The van der Waals surface area contributed by atoms with Gasteiger partial charge in [-0.3, -0.25) is 0 Å². The molecule has 0 atom stereocenters. The zero-order chi connectivity index (χ0) is 6.71. The fraction of sp³-hybridized carbons (Fsp3) is 0.818. The molecule has 2 heteroatoms. The van der Waals surface area contributed by atoms with E-state index < -0.39 is 0 Å². The maximum absolute atomic E-state index is 3.49. The van der Waals surface area contributed by atoms with Crippen molar-refractivity contribution in [3.63, 3.8) is 0 Å². The van der Waals surface area contributed by atoms with Gasteiger partial charge >= 0.3 is 31.1 Å². The molecule has 0 aliphatic carbocycles. The van der Waals surface area contributed by atoms with Gasteiger partial charge in [0.25, 0.3) is 0 Å². The monoisotopic (exact) mass is 444 g/mol. The van der Waals surface area contributed by atoms with Gasteiger partial charge in [-0.1, -0.05) is 50.5 Å². The van der Waals surface area contributed by atoms with Crippen molar-refractivity contribution in [2.75, 3.05) is 0 Å². The maximum Gasteiger partial charge on any atom is 2.00 e. The second kappa shape index (κ2) is 231. The van der Waals surface area contributed by atoms with Crippen molar-refractivity contribution in [3.05, 3.63) is 13.8 Å². The van der Waals surface area contributed by atoms with Crippen molar-refractivity contribution in [2.45, 2.75) is 63.8 Å². The first kappa shape index (κ1) is 78.7. The molecule has 0 unspecified atom stereocenters. The molecule has 0 aromatic carbocycles. The Morgan fingerprint density at radius 3 is 0.846 bits per heavy atom. The third-order valence-corrected chi connectivity index (χ3v) is 0. The Hall–Kier alpha value is 2.31. The molecule has 0 spiro atoms. The van der Waals surface area contributed by atoms with E-state index in [0.717, 1.165) is 6.42 Å². The molecule has 0 rings (SSSR count). The van der Waals surface area contributed by atoms with E-state index in [2.05, 4.69) is 13.8 Å². The van der Waals surface area contributed by atoms with Gasteiger partial charge in [0.05, 0.1) is 0 Å². The van der Waals surface area contributed by atoms with Crippen LogP contribution < -0.4 is 0 Å². The van der Waals surface area contributed by atoms with Crippen LogP contribution in [-0.2, 0) is 0 Å². The van der Waals surface area contributed by atoms with Gasteiger partial charge in [0.15, 0.2) is 0 Å². The number of rotatable bonds is 0. The van der Waals surface area contributed by atoms with Crippen LogP contribution >= 0.6 is 0 Å². The Kier molecular flexibility index (Phi) is 1400. The van der Waals surface area contributed by atoms with Crippen molar-refractivity contribution in [3.8, 4) is 0 Å². The van der Waals surface area contributed by atoms with E-state index in [1.807, 2.05) is 20.8 Å². The third kappa shape index (κ3) is 406. The SMILES string of the molecule is C.C.C.C.CC.[Ar].[CH2-]C.[CH2-]CC.[U+2]. The van der Waals surface area contributed by atoms with Crippen LogP contribution in [0.3, 0.4) is 0 Å². The molecule has 0 saturated heterocycles. The van der Waals surface area contributed by atoms with Crippen molar-refractivity contribution in [2.24, 2.45) is 0 Å². The average Bonchev–Trinajstić information content (AvgIpc) is 1.78. The number of hydrogen-bond acceptors (Lipinski definition) is 0. The zero-order valence-corrected chi connectivity index (χ0v) is 11.8. The summed E-state index contributed by atoms with van der Waals surface area (Å²) in [4.78, 5) is 0. The van der Waals surface area contributed by atoms with Crippen LogP contribution in [0.1, 0.15) is 63.8 Å². The topological polar surface area (TPSA) is 0 Å². The van der Waals surface area contributed by atoms with E-state index in [0.29, 0.717) is 0 Å². The molecule has 90 valence electrons. The van der Waals surface area contributed by atoms with Gasteiger partial charge in [-0.15, -0.1) is 0 Å². The summed E-state index contributed by atoms with van der Waals surface area (Å²) >= 11 is 0. The first-order chi connectivity index (χ1) is 3.41. The molecule has 0 amide bonds. The van der Waals surface area contributed by atoms with E-state index in [1.165, 1.54) is 0 Å². The molecular weight excluding hydrogens is 410 g/mol.